The van der Waals surface area contributed by atoms with E-state index in [9.17, 15) is 14.7 Å². The van der Waals surface area contributed by atoms with Crippen LogP contribution in [0.4, 0.5) is 5.69 Å². The summed E-state index contributed by atoms with van der Waals surface area (Å²) in [6.07, 6.45) is 3.10. The molecule has 152 valence electrons. The number of aliphatic hydroxyl groups excluding tert-OH is 1. The molecule has 0 fully saturated rings. The Morgan fingerprint density at radius 2 is 1.90 bits per heavy atom. The number of aromatic nitrogens is 3. The molecule has 4 rings (SSSR count). The average Bonchev–Trinajstić information content (AvgIpc) is 3.13. The monoisotopic (exact) mass is 422 g/mol. The highest BCUT2D eigenvalue weighted by Gasteiger charge is 2.18. The van der Waals surface area contributed by atoms with Crippen LogP contribution in [0.5, 0.6) is 0 Å². The summed E-state index contributed by atoms with van der Waals surface area (Å²) in [5.41, 5.74) is 2.93. The molecule has 0 aliphatic carbocycles. The van der Waals surface area contributed by atoms with Gasteiger partial charge in [0.1, 0.15) is 12.1 Å². The molecule has 0 radical (unpaired) electrons. The smallest absolute Gasteiger partial charge is 0.277 e. The van der Waals surface area contributed by atoms with Crippen molar-refractivity contribution < 1.29 is 9.90 Å². The number of benzene rings is 2. The maximum atomic E-state index is 13.1. The van der Waals surface area contributed by atoms with Gasteiger partial charge < -0.3 is 15.0 Å². The number of hydrogen-bond acceptors (Lipinski definition) is 4. The van der Waals surface area contributed by atoms with Crippen LogP contribution in [0.3, 0.4) is 0 Å². The van der Waals surface area contributed by atoms with Crippen LogP contribution in [0, 0.1) is 6.92 Å². The average molecular weight is 423 g/mol. The molecule has 7 nitrogen and oxygen atoms in total. The van der Waals surface area contributed by atoms with E-state index in [1.807, 2.05) is 30.3 Å². The van der Waals surface area contributed by atoms with Crippen molar-refractivity contribution in [2.24, 2.45) is 0 Å². The number of anilines is 1. The van der Waals surface area contributed by atoms with E-state index >= 15 is 0 Å². The lowest BCUT2D eigenvalue weighted by Crippen LogP contribution is -2.28. The Balaban J connectivity index is 1.69. The molecule has 0 atom stereocenters. The molecule has 0 spiro atoms. The lowest BCUT2D eigenvalue weighted by molar-refractivity contribution is -0.116. The van der Waals surface area contributed by atoms with Crippen molar-refractivity contribution in [3.05, 3.63) is 87.4 Å². The van der Waals surface area contributed by atoms with Crippen molar-refractivity contribution in [2.75, 3.05) is 5.32 Å². The number of halogens is 1. The van der Waals surface area contributed by atoms with Crippen LogP contribution in [0.25, 0.3) is 16.8 Å². The van der Waals surface area contributed by atoms with Crippen molar-refractivity contribution >= 4 is 28.7 Å². The minimum atomic E-state index is -0.408. The van der Waals surface area contributed by atoms with Gasteiger partial charge in [0.15, 0.2) is 0 Å². The SMILES string of the molecule is Cc1c(Cl)cccc1NC(=O)Cn1ccn2nc(-c3ccccc3)c(CO)c2c1=O. The van der Waals surface area contributed by atoms with E-state index in [4.69, 9.17) is 11.6 Å². The second-order valence-corrected chi connectivity index (χ2v) is 7.24. The number of carbonyl (C=O) groups is 1. The van der Waals surface area contributed by atoms with E-state index in [1.54, 1.807) is 31.3 Å². The quantitative estimate of drug-likeness (QED) is 0.516. The first kappa shape index (κ1) is 19.9. The van der Waals surface area contributed by atoms with Gasteiger partial charge >= 0.3 is 0 Å². The molecule has 2 heterocycles. The summed E-state index contributed by atoms with van der Waals surface area (Å²) in [6.45, 7) is 1.28. The van der Waals surface area contributed by atoms with Crippen LogP contribution in [0.15, 0.2) is 65.7 Å². The lowest BCUT2D eigenvalue weighted by atomic mass is 10.1. The summed E-state index contributed by atoms with van der Waals surface area (Å²) in [5.74, 6) is -0.361. The fraction of sp³-hybridized carbons (Fsp3) is 0.136. The molecule has 4 aromatic rings. The molecule has 0 unspecified atom stereocenters. The summed E-state index contributed by atoms with van der Waals surface area (Å²) in [4.78, 5) is 25.6. The Morgan fingerprint density at radius 3 is 2.63 bits per heavy atom. The molecule has 30 heavy (non-hydrogen) atoms. The number of carbonyl (C=O) groups excluding carboxylic acids is 1. The molecular weight excluding hydrogens is 404 g/mol. The summed E-state index contributed by atoms with van der Waals surface area (Å²) in [7, 11) is 0. The van der Waals surface area contributed by atoms with Gasteiger partial charge in [-0.05, 0) is 24.6 Å². The summed E-state index contributed by atoms with van der Waals surface area (Å²) in [6, 6.07) is 14.6. The fourth-order valence-corrected chi connectivity index (χ4v) is 3.51. The number of amides is 1. The predicted octanol–water partition coefficient (Wildman–Crippen LogP) is 3.26. The third kappa shape index (κ3) is 3.60. The fourth-order valence-electron chi connectivity index (χ4n) is 3.34. The van der Waals surface area contributed by atoms with Crippen molar-refractivity contribution in [1.82, 2.24) is 14.2 Å². The van der Waals surface area contributed by atoms with Crippen molar-refractivity contribution in [1.29, 1.82) is 0 Å². The predicted molar refractivity (Wildman–Crippen MR) is 116 cm³/mol. The highest BCUT2D eigenvalue weighted by Crippen LogP contribution is 2.25. The van der Waals surface area contributed by atoms with Crippen LogP contribution >= 0.6 is 11.6 Å². The van der Waals surface area contributed by atoms with Gasteiger partial charge in [-0.15, -0.1) is 0 Å². The molecule has 2 aromatic carbocycles. The highest BCUT2D eigenvalue weighted by atomic mass is 35.5. The summed E-state index contributed by atoms with van der Waals surface area (Å²) in [5, 5.41) is 17.7. The zero-order chi connectivity index (χ0) is 21.3. The van der Waals surface area contributed by atoms with Crippen LogP contribution in [0.1, 0.15) is 11.1 Å². The van der Waals surface area contributed by atoms with E-state index in [0.717, 1.165) is 11.1 Å². The normalized spacial score (nSPS) is 11.0. The number of nitrogens with zero attached hydrogens (tertiary/aromatic N) is 3. The van der Waals surface area contributed by atoms with Crippen LogP contribution in [0.2, 0.25) is 5.02 Å². The Kier molecular flexibility index (Phi) is 5.39. The van der Waals surface area contributed by atoms with Crippen molar-refractivity contribution in [3.8, 4) is 11.3 Å². The van der Waals surface area contributed by atoms with Gasteiger partial charge in [-0.2, -0.15) is 5.10 Å². The largest absolute Gasteiger partial charge is 0.392 e. The molecule has 0 saturated carbocycles. The Hall–Kier alpha value is -3.42. The Labute approximate surface area is 177 Å². The first-order valence-corrected chi connectivity index (χ1v) is 9.69. The second kappa shape index (κ2) is 8.14. The second-order valence-electron chi connectivity index (χ2n) is 6.84. The minimum absolute atomic E-state index is 0.183. The summed E-state index contributed by atoms with van der Waals surface area (Å²) >= 11 is 6.09. The molecular formula is C22H19ClN4O3. The first-order valence-electron chi connectivity index (χ1n) is 9.31. The number of aliphatic hydroxyl groups is 1. The third-order valence-corrected chi connectivity index (χ3v) is 5.33. The first-order chi connectivity index (χ1) is 14.5. The van der Waals surface area contributed by atoms with E-state index in [0.29, 0.717) is 22.0 Å². The summed E-state index contributed by atoms with van der Waals surface area (Å²) < 4.78 is 2.73. The van der Waals surface area contributed by atoms with Crippen LogP contribution in [-0.2, 0) is 17.9 Å². The number of nitrogens with one attached hydrogen (secondary N) is 1. The highest BCUT2D eigenvalue weighted by molar-refractivity contribution is 6.31. The van der Waals surface area contributed by atoms with Crippen molar-refractivity contribution in [2.45, 2.75) is 20.1 Å². The molecule has 0 aliphatic heterocycles. The molecule has 8 heteroatoms. The molecule has 0 aliphatic rings. The molecule has 0 bridgehead atoms. The maximum Gasteiger partial charge on any atom is 0.277 e. The number of hydrogen-bond donors (Lipinski definition) is 2. The standard InChI is InChI=1S/C22H19ClN4O3/c1-14-17(23)8-5-9-18(14)24-19(29)12-26-10-11-27-21(22(26)30)16(13-28)20(25-27)15-6-3-2-4-7-15/h2-11,28H,12-13H2,1H3,(H,24,29). The molecule has 1 amide bonds. The van der Waals surface area contributed by atoms with Crippen molar-refractivity contribution in [3.63, 3.8) is 0 Å². The lowest BCUT2D eigenvalue weighted by Gasteiger charge is -2.11. The molecule has 0 saturated heterocycles. The van der Waals surface area contributed by atoms with Gasteiger partial charge in [0, 0.05) is 34.2 Å². The van der Waals surface area contributed by atoms with Gasteiger partial charge in [0.25, 0.3) is 5.56 Å². The van der Waals surface area contributed by atoms with E-state index in [1.165, 1.54) is 15.3 Å². The molecule has 2 N–H and O–H groups in total. The number of fused-ring (bicyclic) bond motifs is 1. The third-order valence-electron chi connectivity index (χ3n) is 4.92. The van der Waals surface area contributed by atoms with E-state index < -0.39 is 5.56 Å². The molecule has 2 aromatic heterocycles. The number of rotatable bonds is 5. The topological polar surface area (TPSA) is 88.6 Å². The zero-order valence-electron chi connectivity index (χ0n) is 16.2. The van der Waals surface area contributed by atoms with Gasteiger partial charge in [0.05, 0.1) is 12.3 Å². The Bertz CT molecular complexity index is 1300. The zero-order valence-corrected chi connectivity index (χ0v) is 16.9. The Morgan fingerprint density at radius 1 is 1.13 bits per heavy atom. The van der Waals surface area contributed by atoms with Crippen LogP contribution < -0.4 is 10.9 Å². The van der Waals surface area contributed by atoms with Gasteiger partial charge in [-0.1, -0.05) is 48.0 Å². The van der Waals surface area contributed by atoms with Crippen LogP contribution in [-0.4, -0.2) is 25.2 Å². The van der Waals surface area contributed by atoms with Gasteiger partial charge in [-0.25, -0.2) is 4.52 Å². The van der Waals surface area contributed by atoms with E-state index in [2.05, 4.69) is 10.4 Å². The van der Waals surface area contributed by atoms with E-state index in [-0.39, 0.29) is 24.6 Å². The maximum absolute atomic E-state index is 13.1. The van der Waals surface area contributed by atoms with Gasteiger partial charge in [-0.3, -0.25) is 9.59 Å². The van der Waals surface area contributed by atoms with Gasteiger partial charge in [0.2, 0.25) is 5.91 Å². The minimum Gasteiger partial charge on any atom is -0.392 e.